The van der Waals surface area contributed by atoms with Crippen LogP contribution in [0.15, 0.2) is 82.8 Å². The van der Waals surface area contributed by atoms with Crippen LogP contribution < -0.4 is 14.8 Å². The number of hydrogen-bond donors (Lipinski definition) is 1. The van der Waals surface area contributed by atoms with Crippen molar-refractivity contribution in [1.82, 2.24) is 0 Å². The van der Waals surface area contributed by atoms with Gasteiger partial charge >= 0.3 is 0 Å². The maximum atomic E-state index is 12.9. The highest BCUT2D eigenvalue weighted by Crippen LogP contribution is 2.38. The molecule has 6 heteroatoms. The van der Waals surface area contributed by atoms with Gasteiger partial charge in [-0.15, -0.1) is 0 Å². The largest absolute Gasteiger partial charge is 0.490 e. The molecule has 0 unspecified atom stereocenters. The molecule has 0 aliphatic rings. The van der Waals surface area contributed by atoms with E-state index in [0.717, 1.165) is 22.1 Å². The zero-order chi connectivity index (χ0) is 26.4. The standard InChI is InChI=1S/C31H27BrN2O3/c1-4-36-29-17-23(15-26(18-33)31(35)34-28-11-7-8-20(2)21(28)3)16-27(32)30(29)37-19-22-12-13-24-9-5-6-10-25(24)14-22/h5-17H,4,19H2,1-3H3,(H,34,35)/b26-15+. The van der Waals surface area contributed by atoms with E-state index in [9.17, 15) is 10.1 Å². The van der Waals surface area contributed by atoms with Crippen molar-refractivity contribution in [1.29, 1.82) is 5.26 Å². The molecule has 0 aliphatic carbocycles. The molecule has 0 saturated heterocycles. The van der Waals surface area contributed by atoms with Crippen molar-refractivity contribution in [2.45, 2.75) is 27.4 Å². The van der Waals surface area contributed by atoms with E-state index in [-0.39, 0.29) is 5.57 Å². The number of nitrogens with zero attached hydrogens (tertiary/aromatic N) is 1. The lowest BCUT2D eigenvalue weighted by Crippen LogP contribution is -2.14. The highest BCUT2D eigenvalue weighted by Gasteiger charge is 2.15. The van der Waals surface area contributed by atoms with E-state index in [2.05, 4.69) is 45.5 Å². The number of halogens is 1. The van der Waals surface area contributed by atoms with Gasteiger partial charge in [0.2, 0.25) is 0 Å². The molecule has 4 aromatic carbocycles. The first kappa shape index (κ1) is 26.0. The number of rotatable bonds is 8. The Morgan fingerprint density at radius 3 is 2.54 bits per heavy atom. The van der Waals surface area contributed by atoms with Gasteiger partial charge in [-0.1, -0.05) is 48.5 Å². The Kier molecular flexibility index (Phi) is 8.27. The summed E-state index contributed by atoms with van der Waals surface area (Å²) in [4.78, 5) is 12.9. The first-order valence-corrected chi connectivity index (χ1v) is 12.7. The van der Waals surface area contributed by atoms with Crippen LogP contribution in [0.2, 0.25) is 0 Å². The van der Waals surface area contributed by atoms with E-state index in [1.54, 1.807) is 18.2 Å². The number of carbonyl (C=O) groups excluding carboxylic acids is 1. The number of nitriles is 1. The zero-order valence-electron chi connectivity index (χ0n) is 21.0. The Bertz CT molecular complexity index is 1540. The van der Waals surface area contributed by atoms with Crippen LogP contribution in [0.3, 0.4) is 0 Å². The van der Waals surface area contributed by atoms with Gasteiger partial charge in [0.1, 0.15) is 18.2 Å². The van der Waals surface area contributed by atoms with Gasteiger partial charge < -0.3 is 14.8 Å². The summed E-state index contributed by atoms with van der Waals surface area (Å²) in [5.41, 5.74) is 4.36. The molecule has 0 saturated carbocycles. The van der Waals surface area contributed by atoms with Crippen LogP contribution in [-0.2, 0) is 11.4 Å². The summed E-state index contributed by atoms with van der Waals surface area (Å²) in [6.45, 7) is 6.59. The van der Waals surface area contributed by atoms with Crippen molar-refractivity contribution < 1.29 is 14.3 Å². The number of amides is 1. The van der Waals surface area contributed by atoms with Gasteiger partial charge in [-0.25, -0.2) is 0 Å². The normalized spacial score (nSPS) is 11.2. The number of benzene rings is 4. The summed E-state index contributed by atoms with van der Waals surface area (Å²) >= 11 is 3.58. The average molecular weight is 555 g/mol. The molecule has 0 radical (unpaired) electrons. The first-order chi connectivity index (χ1) is 17.9. The summed E-state index contributed by atoms with van der Waals surface area (Å²) < 4.78 is 12.7. The second-order valence-electron chi connectivity index (χ2n) is 8.60. The number of anilines is 1. The topological polar surface area (TPSA) is 71.3 Å². The van der Waals surface area contributed by atoms with E-state index in [0.29, 0.717) is 40.4 Å². The molecule has 0 atom stereocenters. The number of aryl methyl sites for hydroxylation is 1. The first-order valence-electron chi connectivity index (χ1n) is 12.0. The lowest BCUT2D eigenvalue weighted by molar-refractivity contribution is -0.112. The van der Waals surface area contributed by atoms with E-state index < -0.39 is 5.91 Å². The minimum absolute atomic E-state index is 0.0138. The second-order valence-corrected chi connectivity index (χ2v) is 9.46. The molecule has 1 N–H and O–H groups in total. The Balaban J connectivity index is 1.57. The highest BCUT2D eigenvalue weighted by molar-refractivity contribution is 9.10. The van der Waals surface area contributed by atoms with Crippen LogP contribution in [0.1, 0.15) is 29.2 Å². The van der Waals surface area contributed by atoms with Crippen LogP contribution in [0, 0.1) is 25.2 Å². The van der Waals surface area contributed by atoms with E-state index >= 15 is 0 Å². The predicted octanol–water partition coefficient (Wildman–Crippen LogP) is 7.74. The third kappa shape index (κ3) is 6.19. The van der Waals surface area contributed by atoms with Crippen LogP contribution in [0.4, 0.5) is 5.69 Å². The van der Waals surface area contributed by atoms with Gasteiger partial charge in [0, 0.05) is 5.69 Å². The Hall–Kier alpha value is -4.08. The van der Waals surface area contributed by atoms with Crippen LogP contribution in [-0.4, -0.2) is 12.5 Å². The summed E-state index contributed by atoms with van der Waals surface area (Å²) in [6, 6.07) is 25.7. The molecule has 0 aromatic heterocycles. The summed E-state index contributed by atoms with van der Waals surface area (Å²) in [5, 5.41) is 14.9. The highest BCUT2D eigenvalue weighted by atomic mass is 79.9. The molecule has 4 rings (SSSR count). The van der Waals surface area contributed by atoms with Crippen molar-refractivity contribution >= 4 is 44.4 Å². The van der Waals surface area contributed by atoms with Crippen molar-refractivity contribution in [2.75, 3.05) is 11.9 Å². The molecule has 0 spiro atoms. The molecule has 0 heterocycles. The molecule has 5 nitrogen and oxygen atoms in total. The van der Waals surface area contributed by atoms with Crippen LogP contribution in [0.25, 0.3) is 16.8 Å². The van der Waals surface area contributed by atoms with E-state index in [1.807, 2.05) is 63.2 Å². The Morgan fingerprint density at radius 2 is 1.78 bits per heavy atom. The van der Waals surface area contributed by atoms with Gasteiger partial charge in [0.05, 0.1) is 11.1 Å². The molecular formula is C31H27BrN2O3. The third-order valence-electron chi connectivity index (χ3n) is 6.06. The molecule has 4 aromatic rings. The maximum absolute atomic E-state index is 12.9. The summed E-state index contributed by atoms with van der Waals surface area (Å²) in [7, 11) is 0. The van der Waals surface area contributed by atoms with Gasteiger partial charge in [0.25, 0.3) is 5.91 Å². The second kappa shape index (κ2) is 11.8. The monoisotopic (exact) mass is 554 g/mol. The number of nitrogens with one attached hydrogen (secondary N) is 1. The fourth-order valence-corrected chi connectivity index (χ4v) is 4.52. The Morgan fingerprint density at radius 1 is 1.00 bits per heavy atom. The van der Waals surface area contributed by atoms with Gasteiger partial charge in [-0.2, -0.15) is 5.26 Å². The molecule has 0 aliphatic heterocycles. The van der Waals surface area contributed by atoms with Crippen LogP contribution >= 0.6 is 15.9 Å². The average Bonchev–Trinajstić information content (AvgIpc) is 2.89. The van der Waals surface area contributed by atoms with Crippen molar-refractivity contribution in [3.8, 4) is 17.6 Å². The van der Waals surface area contributed by atoms with E-state index in [4.69, 9.17) is 9.47 Å². The fraction of sp³-hybridized carbons (Fsp3) is 0.161. The summed E-state index contributed by atoms with van der Waals surface area (Å²) in [5.74, 6) is 0.614. The Labute approximate surface area is 225 Å². The lowest BCUT2D eigenvalue weighted by Gasteiger charge is -2.15. The maximum Gasteiger partial charge on any atom is 0.266 e. The van der Waals surface area contributed by atoms with Crippen molar-refractivity contribution in [2.24, 2.45) is 0 Å². The lowest BCUT2D eigenvalue weighted by atomic mass is 10.1. The van der Waals surface area contributed by atoms with Crippen LogP contribution in [0.5, 0.6) is 11.5 Å². The number of carbonyl (C=O) groups is 1. The number of hydrogen-bond acceptors (Lipinski definition) is 4. The molecule has 37 heavy (non-hydrogen) atoms. The third-order valence-corrected chi connectivity index (χ3v) is 6.65. The van der Waals surface area contributed by atoms with Crippen molar-refractivity contribution in [3.63, 3.8) is 0 Å². The number of fused-ring (bicyclic) bond motifs is 1. The van der Waals surface area contributed by atoms with Gasteiger partial charge in [0.15, 0.2) is 11.5 Å². The molecule has 0 bridgehead atoms. The van der Waals surface area contributed by atoms with Gasteiger partial charge in [-0.05, 0) is 100 Å². The number of ether oxygens (including phenoxy) is 2. The molecule has 0 fully saturated rings. The smallest absolute Gasteiger partial charge is 0.266 e. The van der Waals surface area contributed by atoms with E-state index in [1.165, 1.54) is 5.39 Å². The van der Waals surface area contributed by atoms with Gasteiger partial charge in [-0.3, -0.25) is 4.79 Å². The quantitative estimate of drug-likeness (QED) is 0.178. The minimum Gasteiger partial charge on any atom is -0.490 e. The fourth-order valence-electron chi connectivity index (χ4n) is 3.95. The molecule has 1 amide bonds. The predicted molar refractivity (Wildman–Crippen MR) is 152 cm³/mol. The SMILES string of the molecule is CCOc1cc(/C=C(\C#N)C(=O)Nc2cccc(C)c2C)cc(Br)c1OCc1ccc2ccccc2c1. The zero-order valence-corrected chi connectivity index (χ0v) is 22.6. The molecule has 186 valence electrons. The summed E-state index contributed by atoms with van der Waals surface area (Å²) in [6.07, 6.45) is 1.54. The minimum atomic E-state index is -0.470. The van der Waals surface area contributed by atoms with Crippen molar-refractivity contribution in [3.05, 3.63) is 105 Å². The molecular weight excluding hydrogens is 528 g/mol.